The Hall–Kier alpha value is -1.36. The van der Waals surface area contributed by atoms with E-state index in [0.29, 0.717) is 23.7 Å². The van der Waals surface area contributed by atoms with Gasteiger partial charge in [0.15, 0.2) is 0 Å². The maximum absolute atomic E-state index is 5.97. The number of nitrogen functional groups attached to an aromatic ring is 1. The second-order valence-corrected chi connectivity index (χ2v) is 5.47. The quantitative estimate of drug-likeness (QED) is 0.636. The van der Waals surface area contributed by atoms with Crippen molar-refractivity contribution in [1.82, 2.24) is 9.97 Å². The lowest BCUT2D eigenvalue weighted by Gasteiger charge is -2.31. The average molecular weight is 250 g/mol. The molecule has 0 amide bonds. The summed E-state index contributed by atoms with van der Waals surface area (Å²) in [4.78, 5) is 8.37. The number of ether oxygens (including phenoxy) is 1. The highest BCUT2D eigenvalue weighted by atomic mass is 16.5. The topological polar surface area (TPSA) is 73.1 Å². The molecule has 0 bridgehead atoms. The minimum atomic E-state index is 0.253. The fourth-order valence-electron chi connectivity index (χ4n) is 2.80. The number of anilines is 1. The smallest absolute Gasteiger partial charge is 0.240 e. The summed E-state index contributed by atoms with van der Waals surface area (Å²) in [6, 6.07) is 1.85. The third-order valence-corrected chi connectivity index (χ3v) is 3.38. The number of nitrogens with zero attached hydrogens (tertiary/aromatic N) is 2. The van der Waals surface area contributed by atoms with Gasteiger partial charge in [0.05, 0.1) is 0 Å². The van der Waals surface area contributed by atoms with E-state index < -0.39 is 0 Å². The van der Waals surface area contributed by atoms with Crippen LogP contribution in [0.1, 0.15) is 38.8 Å². The number of aromatic nitrogens is 2. The molecule has 1 aromatic rings. The molecule has 2 atom stereocenters. The predicted octanol–water partition coefficient (Wildman–Crippen LogP) is 2.27. The molecule has 0 radical (unpaired) electrons. The van der Waals surface area contributed by atoms with Crippen LogP contribution in [0.5, 0.6) is 5.88 Å². The van der Waals surface area contributed by atoms with Crippen LogP contribution < -0.4 is 16.0 Å². The molecule has 1 aliphatic rings. The molecule has 0 spiro atoms. The number of hydrogen-bond acceptors (Lipinski definition) is 5. The first-order chi connectivity index (χ1) is 8.56. The number of hydrogen-bond donors (Lipinski definition) is 2. The van der Waals surface area contributed by atoms with Crippen LogP contribution in [-0.4, -0.2) is 16.1 Å². The van der Waals surface area contributed by atoms with Crippen molar-refractivity contribution >= 4 is 5.95 Å². The first-order valence-corrected chi connectivity index (χ1v) is 6.55. The summed E-state index contributed by atoms with van der Waals surface area (Å²) < 4.78 is 5.97. The minimum Gasteiger partial charge on any atom is -0.474 e. The molecule has 0 saturated heterocycles. The second kappa shape index (κ2) is 5.52. The van der Waals surface area contributed by atoms with Gasteiger partial charge < -0.3 is 4.74 Å². The van der Waals surface area contributed by atoms with E-state index in [1.165, 1.54) is 6.42 Å². The highest BCUT2D eigenvalue weighted by Crippen LogP contribution is 2.31. The molecular weight excluding hydrogens is 228 g/mol. The molecule has 1 saturated carbocycles. The van der Waals surface area contributed by atoms with Crippen LogP contribution in [0.25, 0.3) is 0 Å². The molecule has 1 fully saturated rings. The third kappa shape index (κ3) is 3.32. The second-order valence-electron chi connectivity index (χ2n) is 5.47. The van der Waals surface area contributed by atoms with E-state index in [1.807, 2.05) is 13.0 Å². The largest absolute Gasteiger partial charge is 0.474 e. The zero-order valence-corrected chi connectivity index (χ0v) is 11.3. The zero-order chi connectivity index (χ0) is 13.1. The Morgan fingerprint density at radius 2 is 1.89 bits per heavy atom. The Balaban J connectivity index is 2.06. The summed E-state index contributed by atoms with van der Waals surface area (Å²) in [5.74, 6) is 7.78. The molecule has 0 aromatic carbocycles. The van der Waals surface area contributed by atoms with E-state index >= 15 is 0 Å². The number of nitrogens with one attached hydrogen (secondary N) is 1. The van der Waals surface area contributed by atoms with Crippen molar-refractivity contribution in [3.05, 3.63) is 11.8 Å². The van der Waals surface area contributed by atoms with E-state index in [0.717, 1.165) is 18.5 Å². The highest BCUT2D eigenvalue weighted by Gasteiger charge is 2.25. The molecular formula is C13H22N4O. The molecule has 5 nitrogen and oxygen atoms in total. The van der Waals surface area contributed by atoms with Crippen LogP contribution in [0.4, 0.5) is 5.95 Å². The predicted molar refractivity (Wildman–Crippen MR) is 71.2 cm³/mol. The van der Waals surface area contributed by atoms with Gasteiger partial charge in [0.2, 0.25) is 11.8 Å². The van der Waals surface area contributed by atoms with Gasteiger partial charge in [-0.1, -0.05) is 13.8 Å². The van der Waals surface area contributed by atoms with E-state index in [9.17, 15) is 0 Å². The number of rotatable bonds is 3. The Morgan fingerprint density at radius 1 is 1.22 bits per heavy atom. The lowest BCUT2D eigenvalue weighted by molar-refractivity contribution is 0.0966. The van der Waals surface area contributed by atoms with Gasteiger partial charge >= 0.3 is 0 Å². The molecule has 0 aliphatic heterocycles. The maximum atomic E-state index is 5.97. The maximum Gasteiger partial charge on any atom is 0.240 e. The van der Waals surface area contributed by atoms with Crippen LogP contribution in [-0.2, 0) is 0 Å². The Bertz CT molecular complexity index is 400. The summed E-state index contributed by atoms with van der Waals surface area (Å²) in [5.41, 5.74) is 3.31. The molecule has 100 valence electrons. The normalized spacial score (nSPS) is 27.9. The molecule has 2 rings (SSSR count). The highest BCUT2D eigenvalue weighted by molar-refractivity contribution is 5.29. The summed E-state index contributed by atoms with van der Waals surface area (Å²) >= 11 is 0. The molecule has 5 heteroatoms. The van der Waals surface area contributed by atoms with Crippen molar-refractivity contribution in [1.29, 1.82) is 0 Å². The lowest BCUT2D eigenvalue weighted by Crippen LogP contribution is -2.29. The van der Waals surface area contributed by atoms with Gasteiger partial charge in [-0.2, -0.15) is 4.98 Å². The standard InChI is InChI=1S/C13H22N4O/c1-8-4-9(2)6-11(5-8)18-12-7-10(3)15-13(16-12)17-14/h7-9,11H,4-6,14H2,1-3H3,(H,15,16,17). The van der Waals surface area contributed by atoms with Gasteiger partial charge in [-0.3, -0.25) is 5.43 Å². The van der Waals surface area contributed by atoms with E-state index in [2.05, 4.69) is 29.2 Å². The number of nitrogens with two attached hydrogens (primary N) is 1. The lowest BCUT2D eigenvalue weighted by atomic mass is 9.82. The van der Waals surface area contributed by atoms with Crippen LogP contribution in [0, 0.1) is 18.8 Å². The minimum absolute atomic E-state index is 0.253. The van der Waals surface area contributed by atoms with Crippen molar-refractivity contribution in [2.45, 2.75) is 46.1 Å². The van der Waals surface area contributed by atoms with Gasteiger partial charge in [-0.15, -0.1) is 0 Å². The van der Waals surface area contributed by atoms with Crippen LogP contribution in [0.2, 0.25) is 0 Å². The monoisotopic (exact) mass is 250 g/mol. The van der Waals surface area contributed by atoms with Crippen LogP contribution in [0.3, 0.4) is 0 Å². The van der Waals surface area contributed by atoms with Crippen molar-refractivity contribution < 1.29 is 4.74 Å². The van der Waals surface area contributed by atoms with Gasteiger partial charge in [-0.25, -0.2) is 10.8 Å². The van der Waals surface area contributed by atoms with Gasteiger partial charge in [0.1, 0.15) is 6.10 Å². The Labute approximate surface area is 108 Å². The van der Waals surface area contributed by atoms with E-state index in [1.54, 1.807) is 0 Å². The molecule has 2 unspecified atom stereocenters. The van der Waals surface area contributed by atoms with Gasteiger partial charge in [-0.05, 0) is 38.0 Å². The molecule has 1 aliphatic carbocycles. The molecule has 3 N–H and O–H groups in total. The van der Waals surface area contributed by atoms with Crippen molar-refractivity contribution in [2.24, 2.45) is 17.7 Å². The van der Waals surface area contributed by atoms with E-state index in [4.69, 9.17) is 10.6 Å². The fraction of sp³-hybridized carbons (Fsp3) is 0.692. The number of aryl methyl sites for hydroxylation is 1. The van der Waals surface area contributed by atoms with E-state index in [-0.39, 0.29) is 6.10 Å². The van der Waals surface area contributed by atoms with Crippen molar-refractivity contribution in [2.75, 3.05) is 5.43 Å². The first-order valence-electron chi connectivity index (χ1n) is 6.55. The van der Waals surface area contributed by atoms with Crippen molar-refractivity contribution in [3.63, 3.8) is 0 Å². The van der Waals surface area contributed by atoms with Gasteiger partial charge in [0.25, 0.3) is 0 Å². The van der Waals surface area contributed by atoms with Crippen LogP contribution in [0.15, 0.2) is 6.07 Å². The summed E-state index contributed by atoms with van der Waals surface area (Å²) in [6.45, 7) is 6.47. The van der Waals surface area contributed by atoms with Crippen LogP contribution >= 0.6 is 0 Å². The number of hydrazine groups is 1. The zero-order valence-electron chi connectivity index (χ0n) is 11.3. The first kappa shape index (κ1) is 13.1. The molecule has 1 aromatic heterocycles. The Kier molecular flexibility index (Phi) is 4.01. The summed E-state index contributed by atoms with van der Waals surface area (Å²) in [7, 11) is 0. The summed E-state index contributed by atoms with van der Waals surface area (Å²) in [6.07, 6.45) is 3.74. The average Bonchev–Trinajstić information content (AvgIpc) is 2.26. The van der Waals surface area contributed by atoms with Gasteiger partial charge in [0, 0.05) is 11.8 Å². The SMILES string of the molecule is Cc1cc(OC2CC(C)CC(C)C2)nc(NN)n1. The fourth-order valence-corrected chi connectivity index (χ4v) is 2.80. The Morgan fingerprint density at radius 3 is 2.50 bits per heavy atom. The van der Waals surface area contributed by atoms with Crippen molar-refractivity contribution in [3.8, 4) is 5.88 Å². The summed E-state index contributed by atoms with van der Waals surface area (Å²) in [5, 5.41) is 0. The molecule has 1 heterocycles. The third-order valence-electron chi connectivity index (χ3n) is 3.38. The molecule has 18 heavy (non-hydrogen) atoms.